The first-order valence-electron chi connectivity index (χ1n) is 12.6. The maximum absolute atomic E-state index is 14.5. The number of ether oxygens (including phenoxy) is 2. The summed E-state index contributed by atoms with van der Waals surface area (Å²) in [4.78, 5) is 27.6. The van der Waals surface area contributed by atoms with Crippen LogP contribution in [0.3, 0.4) is 0 Å². The number of carbonyl (C=O) groups is 2. The first-order chi connectivity index (χ1) is 18.8. The van der Waals surface area contributed by atoms with E-state index in [0.717, 1.165) is 17.7 Å². The van der Waals surface area contributed by atoms with Gasteiger partial charge in [0.05, 0.1) is 20.1 Å². The zero-order chi connectivity index (χ0) is 27.7. The number of rotatable bonds is 6. The highest BCUT2D eigenvalue weighted by Gasteiger charge is 2.42. The topological polar surface area (TPSA) is 76.7 Å². The van der Waals surface area contributed by atoms with Gasteiger partial charge < -0.3 is 20.1 Å². The van der Waals surface area contributed by atoms with E-state index in [1.165, 1.54) is 20.3 Å². The second kappa shape index (κ2) is 10.7. The van der Waals surface area contributed by atoms with Crippen LogP contribution in [0.4, 0.5) is 14.5 Å². The second-order valence-electron chi connectivity index (χ2n) is 9.59. The number of methoxy groups -OCH3 is 2. The molecule has 3 aromatic carbocycles. The maximum atomic E-state index is 14.5. The molecule has 0 spiro atoms. The molecule has 0 aromatic heterocycles. The summed E-state index contributed by atoms with van der Waals surface area (Å²) in [6.45, 7) is 1.71. The van der Waals surface area contributed by atoms with Crippen molar-refractivity contribution in [2.24, 2.45) is 0 Å². The number of benzene rings is 3. The summed E-state index contributed by atoms with van der Waals surface area (Å²) in [6, 6.07) is 18.3. The summed E-state index contributed by atoms with van der Waals surface area (Å²) < 4.78 is 40.0. The molecule has 39 heavy (non-hydrogen) atoms. The number of Topliss-reactive ketones (excluding diaryl/α,β-unsaturated/α-hetero) is 1. The van der Waals surface area contributed by atoms with Crippen LogP contribution in [0.15, 0.2) is 89.3 Å². The molecule has 1 heterocycles. The van der Waals surface area contributed by atoms with Crippen LogP contribution in [-0.4, -0.2) is 25.9 Å². The molecule has 1 aliphatic heterocycles. The van der Waals surface area contributed by atoms with E-state index >= 15 is 0 Å². The fourth-order valence-corrected chi connectivity index (χ4v) is 5.48. The molecular weight excluding hydrogens is 502 g/mol. The number of allylic oxidation sites excluding steroid dienone is 3. The van der Waals surface area contributed by atoms with Crippen LogP contribution in [0.2, 0.25) is 0 Å². The van der Waals surface area contributed by atoms with Crippen molar-refractivity contribution >= 4 is 17.4 Å². The van der Waals surface area contributed by atoms with Crippen LogP contribution in [0, 0.1) is 11.6 Å². The van der Waals surface area contributed by atoms with E-state index in [1.807, 2.05) is 30.3 Å². The van der Waals surface area contributed by atoms with Gasteiger partial charge in [0.2, 0.25) is 0 Å². The van der Waals surface area contributed by atoms with Crippen molar-refractivity contribution in [2.75, 3.05) is 19.5 Å². The number of halogens is 2. The van der Waals surface area contributed by atoms with Gasteiger partial charge in [-0.3, -0.25) is 9.59 Å². The fraction of sp³-hybridized carbons (Fsp3) is 0.226. The first-order valence-corrected chi connectivity index (χ1v) is 12.6. The third kappa shape index (κ3) is 4.90. The molecule has 0 saturated heterocycles. The van der Waals surface area contributed by atoms with Gasteiger partial charge in [-0.1, -0.05) is 36.4 Å². The van der Waals surface area contributed by atoms with Crippen LogP contribution < -0.4 is 20.1 Å². The van der Waals surface area contributed by atoms with Crippen molar-refractivity contribution in [3.63, 3.8) is 0 Å². The zero-order valence-corrected chi connectivity index (χ0v) is 21.8. The number of amides is 1. The third-order valence-corrected chi connectivity index (χ3v) is 7.29. The average molecular weight is 531 g/mol. The molecule has 1 amide bonds. The van der Waals surface area contributed by atoms with Crippen LogP contribution in [0.1, 0.15) is 42.7 Å². The van der Waals surface area contributed by atoms with Gasteiger partial charge in [0.1, 0.15) is 28.8 Å². The highest BCUT2D eigenvalue weighted by atomic mass is 19.1. The van der Waals surface area contributed by atoms with Gasteiger partial charge in [0.15, 0.2) is 5.78 Å². The lowest BCUT2D eigenvalue weighted by atomic mass is 9.71. The monoisotopic (exact) mass is 530 g/mol. The molecule has 0 fully saturated rings. The molecule has 0 saturated carbocycles. The molecule has 5 rings (SSSR count). The molecule has 2 N–H and O–H groups in total. The number of para-hydroxylation sites is 1. The number of dihydropyridines is 1. The summed E-state index contributed by atoms with van der Waals surface area (Å²) in [6.07, 6.45) is 0.811. The Hall–Kier alpha value is -4.46. The molecule has 2 aliphatic rings. The Morgan fingerprint density at radius 1 is 0.949 bits per heavy atom. The molecule has 1 aliphatic carbocycles. The predicted octanol–water partition coefficient (Wildman–Crippen LogP) is 5.98. The van der Waals surface area contributed by atoms with Gasteiger partial charge in [-0.2, -0.15) is 0 Å². The van der Waals surface area contributed by atoms with Crippen LogP contribution >= 0.6 is 0 Å². The van der Waals surface area contributed by atoms with Gasteiger partial charge in [-0.25, -0.2) is 8.78 Å². The fourth-order valence-electron chi connectivity index (χ4n) is 5.48. The van der Waals surface area contributed by atoms with Gasteiger partial charge in [-0.15, -0.1) is 0 Å². The number of hydrogen-bond donors (Lipinski definition) is 2. The predicted molar refractivity (Wildman–Crippen MR) is 144 cm³/mol. The first kappa shape index (κ1) is 26.2. The standard InChI is InChI=1S/C31H28F2N2O4/c1-17-27(31(37)35-30-22(32)10-7-11-23(30)33)28(21-16-20(38-2)12-13-26(21)39-3)29-24(34-17)14-19(15-25(29)36)18-8-5-4-6-9-18/h4-13,16,19,28,34H,14-15H2,1-3H3,(H,35,37)/t19-,28+/m1/s1. The van der Waals surface area contributed by atoms with Crippen molar-refractivity contribution in [2.45, 2.75) is 31.6 Å². The molecule has 3 aromatic rings. The Labute approximate surface area is 225 Å². The molecule has 6 nitrogen and oxygen atoms in total. The molecule has 0 radical (unpaired) electrons. The molecule has 8 heteroatoms. The van der Waals surface area contributed by atoms with Crippen LogP contribution in [0.25, 0.3) is 0 Å². The van der Waals surface area contributed by atoms with E-state index in [0.29, 0.717) is 40.5 Å². The molecule has 0 unspecified atom stereocenters. The van der Waals surface area contributed by atoms with Crippen molar-refractivity contribution in [1.82, 2.24) is 5.32 Å². The average Bonchev–Trinajstić information content (AvgIpc) is 2.94. The Balaban J connectivity index is 1.64. The number of ketones is 1. The normalized spacial score (nSPS) is 18.8. The Bertz CT molecular complexity index is 1490. The maximum Gasteiger partial charge on any atom is 0.254 e. The lowest BCUT2D eigenvalue weighted by molar-refractivity contribution is -0.116. The lowest BCUT2D eigenvalue weighted by Crippen LogP contribution is -2.37. The van der Waals surface area contributed by atoms with Crippen LogP contribution in [0.5, 0.6) is 11.5 Å². The van der Waals surface area contributed by atoms with Gasteiger partial charge >= 0.3 is 0 Å². The lowest BCUT2D eigenvalue weighted by Gasteiger charge is -2.37. The second-order valence-corrected chi connectivity index (χ2v) is 9.59. The summed E-state index contributed by atoms with van der Waals surface area (Å²) in [5.74, 6) is -2.60. The Morgan fingerprint density at radius 3 is 2.33 bits per heavy atom. The quantitative estimate of drug-likeness (QED) is 0.410. The summed E-state index contributed by atoms with van der Waals surface area (Å²) >= 11 is 0. The van der Waals surface area contributed by atoms with E-state index in [2.05, 4.69) is 10.6 Å². The largest absolute Gasteiger partial charge is 0.497 e. The number of carbonyl (C=O) groups excluding carboxylic acids is 2. The Kier molecular flexibility index (Phi) is 7.19. The van der Waals surface area contributed by atoms with E-state index in [4.69, 9.17) is 9.47 Å². The van der Waals surface area contributed by atoms with E-state index in [-0.39, 0.29) is 23.7 Å². The minimum absolute atomic E-state index is 0.0338. The zero-order valence-electron chi connectivity index (χ0n) is 21.8. The van der Waals surface area contributed by atoms with E-state index in [9.17, 15) is 18.4 Å². The summed E-state index contributed by atoms with van der Waals surface area (Å²) in [5.41, 5.74) is 2.80. The van der Waals surface area contributed by atoms with Crippen molar-refractivity contribution in [3.8, 4) is 11.5 Å². The van der Waals surface area contributed by atoms with Crippen molar-refractivity contribution in [3.05, 3.63) is 112 Å². The third-order valence-electron chi connectivity index (χ3n) is 7.29. The molecular formula is C31H28F2N2O4. The number of nitrogens with one attached hydrogen (secondary N) is 2. The van der Waals surface area contributed by atoms with Gasteiger partial charge in [0.25, 0.3) is 5.91 Å². The molecule has 2 atom stereocenters. The minimum atomic E-state index is -0.903. The van der Waals surface area contributed by atoms with E-state index in [1.54, 1.807) is 25.1 Å². The highest BCUT2D eigenvalue weighted by molar-refractivity contribution is 6.10. The van der Waals surface area contributed by atoms with E-state index < -0.39 is 29.1 Å². The van der Waals surface area contributed by atoms with Crippen molar-refractivity contribution < 1.29 is 27.8 Å². The Morgan fingerprint density at radius 2 is 1.67 bits per heavy atom. The number of anilines is 1. The SMILES string of the molecule is COc1ccc(OC)c([C@H]2C(C(=O)Nc3c(F)cccc3F)=C(C)NC3=C2C(=O)C[C@H](c2ccccc2)C3)c1. The van der Waals surface area contributed by atoms with Crippen molar-refractivity contribution in [1.29, 1.82) is 0 Å². The van der Waals surface area contributed by atoms with Crippen LogP contribution in [-0.2, 0) is 9.59 Å². The highest BCUT2D eigenvalue weighted by Crippen LogP contribution is 2.48. The van der Waals surface area contributed by atoms with Gasteiger partial charge in [-0.05, 0) is 55.2 Å². The number of hydrogen-bond acceptors (Lipinski definition) is 5. The summed E-state index contributed by atoms with van der Waals surface area (Å²) in [5, 5.41) is 5.67. The summed E-state index contributed by atoms with van der Waals surface area (Å²) in [7, 11) is 3.02. The smallest absolute Gasteiger partial charge is 0.254 e. The molecule has 0 bridgehead atoms. The minimum Gasteiger partial charge on any atom is -0.497 e. The van der Waals surface area contributed by atoms with Gasteiger partial charge in [0, 0.05) is 34.5 Å². The molecule has 200 valence electrons.